The molecule has 0 spiro atoms. The third kappa shape index (κ3) is 2.61. The number of carboxylic acid groups (broad SMARTS) is 1. The summed E-state index contributed by atoms with van der Waals surface area (Å²) in [5, 5.41) is 12.2. The van der Waals surface area contributed by atoms with Crippen LogP contribution in [-0.2, 0) is 9.59 Å². The smallest absolute Gasteiger partial charge is 0.310 e. The summed E-state index contributed by atoms with van der Waals surface area (Å²) < 4.78 is 0. The monoisotopic (exact) mass is 239 g/mol. The number of hydrogen-bond donors (Lipinski definition) is 2. The summed E-state index contributed by atoms with van der Waals surface area (Å²) >= 11 is 0. The molecule has 0 aliphatic heterocycles. The largest absolute Gasteiger partial charge is 0.481 e. The molecular weight excluding hydrogens is 218 g/mol. The molecule has 0 aromatic rings. The Bertz CT molecular complexity index is 321. The molecule has 1 amide bonds. The van der Waals surface area contributed by atoms with Crippen molar-refractivity contribution in [3.05, 3.63) is 0 Å². The first-order valence-electron chi connectivity index (χ1n) is 6.60. The summed E-state index contributed by atoms with van der Waals surface area (Å²) in [6.45, 7) is 2.12. The Morgan fingerprint density at radius 3 is 2.47 bits per heavy atom. The highest BCUT2D eigenvalue weighted by atomic mass is 16.4. The second kappa shape index (κ2) is 4.67. The lowest BCUT2D eigenvalue weighted by Crippen LogP contribution is -2.36. The zero-order valence-corrected chi connectivity index (χ0v) is 10.4. The average Bonchev–Trinajstić information content (AvgIpc) is 2.83. The van der Waals surface area contributed by atoms with Crippen LogP contribution in [0.1, 0.15) is 51.9 Å². The predicted molar refractivity (Wildman–Crippen MR) is 63.5 cm³/mol. The quantitative estimate of drug-likeness (QED) is 0.770. The molecule has 0 saturated heterocycles. The minimum atomic E-state index is -0.798. The molecule has 4 nitrogen and oxygen atoms in total. The van der Waals surface area contributed by atoms with Crippen LogP contribution in [0, 0.1) is 11.3 Å². The molecule has 2 aliphatic rings. The van der Waals surface area contributed by atoms with Gasteiger partial charge in [-0.15, -0.1) is 0 Å². The number of nitrogens with one attached hydrogen (secondary N) is 1. The molecular formula is C13H21NO3. The van der Waals surface area contributed by atoms with Crippen molar-refractivity contribution in [2.24, 2.45) is 11.3 Å². The molecule has 17 heavy (non-hydrogen) atoms. The molecule has 0 heterocycles. The Labute approximate surface area is 102 Å². The Balaban J connectivity index is 1.86. The first-order valence-corrected chi connectivity index (χ1v) is 6.60. The number of amides is 1. The molecule has 2 N–H and O–H groups in total. The minimum Gasteiger partial charge on any atom is -0.481 e. The summed E-state index contributed by atoms with van der Waals surface area (Å²) in [6.07, 6.45) is 5.48. The average molecular weight is 239 g/mol. The molecule has 2 fully saturated rings. The van der Waals surface area contributed by atoms with Gasteiger partial charge in [-0.3, -0.25) is 9.59 Å². The molecule has 0 aromatic carbocycles. The third-order valence-corrected chi connectivity index (χ3v) is 4.31. The Kier molecular flexibility index (Phi) is 3.40. The van der Waals surface area contributed by atoms with Crippen LogP contribution in [-0.4, -0.2) is 23.0 Å². The van der Waals surface area contributed by atoms with Gasteiger partial charge in [-0.25, -0.2) is 0 Å². The van der Waals surface area contributed by atoms with Crippen LogP contribution in [0.15, 0.2) is 0 Å². The van der Waals surface area contributed by atoms with Gasteiger partial charge in [0.15, 0.2) is 0 Å². The molecule has 2 unspecified atom stereocenters. The van der Waals surface area contributed by atoms with Crippen LogP contribution in [0.5, 0.6) is 0 Å². The zero-order valence-electron chi connectivity index (χ0n) is 10.4. The standard InChI is InChI=1S/C13H21NO3/c1-2-9-7-10(9)14-11(15)8-13(12(16)17)5-3-4-6-13/h9-10H,2-8H2,1H3,(H,14,15)(H,16,17). The maximum absolute atomic E-state index is 11.8. The molecule has 4 heteroatoms. The molecule has 2 atom stereocenters. The Hall–Kier alpha value is -1.06. The normalized spacial score (nSPS) is 29.9. The van der Waals surface area contributed by atoms with Crippen molar-refractivity contribution in [3.8, 4) is 0 Å². The molecule has 96 valence electrons. The van der Waals surface area contributed by atoms with E-state index in [4.69, 9.17) is 0 Å². The molecule has 0 aromatic heterocycles. The van der Waals surface area contributed by atoms with Crippen LogP contribution in [0.3, 0.4) is 0 Å². The first kappa shape index (κ1) is 12.4. The fourth-order valence-corrected chi connectivity index (χ4v) is 2.96. The van der Waals surface area contributed by atoms with Gasteiger partial charge in [0.25, 0.3) is 0 Å². The van der Waals surface area contributed by atoms with Crippen LogP contribution in [0.25, 0.3) is 0 Å². The van der Waals surface area contributed by atoms with E-state index in [1.165, 1.54) is 0 Å². The highest BCUT2D eigenvalue weighted by Gasteiger charge is 2.44. The van der Waals surface area contributed by atoms with Crippen molar-refractivity contribution in [2.75, 3.05) is 0 Å². The van der Waals surface area contributed by atoms with Crippen LogP contribution in [0.2, 0.25) is 0 Å². The van der Waals surface area contributed by atoms with E-state index >= 15 is 0 Å². The molecule has 2 saturated carbocycles. The number of hydrogen-bond acceptors (Lipinski definition) is 2. The van der Waals surface area contributed by atoms with E-state index in [2.05, 4.69) is 12.2 Å². The molecule has 2 rings (SSSR count). The van der Waals surface area contributed by atoms with Crippen molar-refractivity contribution in [1.29, 1.82) is 0 Å². The highest BCUT2D eigenvalue weighted by Crippen LogP contribution is 2.42. The maximum Gasteiger partial charge on any atom is 0.310 e. The molecule has 0 radical (unpaired) electrons. The van der Waals surface area contributed by atoms with Gasteiger partial charge in [-0.1, -0.05) is 26.2 Å². The summed E-state index contributed by atoms with van der Waals surface area (Å²) in [6, 6.07) is 0.305. The predicted octanol–water partition coefficient (Wildman–Crippen LogP) is 1.94. The second-order valence-electron chi connectivity index (χ2n) is 5.55. The van der Waals surface area contributed by atoms with Crippen LogP contribution >= 0.6 is 0 Å². The Morgan fingerprint density at radius 1 is 1.35 bits per heavy atom. The van der Waals surface area contributed by atoms with Crippen molar-refractivity contribution in [1.82, 2.24) is 5.32 Å². The topological polar surface area (TPSA) is 66.4 Å². The third-order valence-electron chi connectivity index (χ3n) is 4.31. The number of rotatable bonds is 5. The van der Waals surface area contributed by atoms with Gasteiger partial charge in [0.05, 0.1) is 5.41 Å². The van der Waals surface area contributed by atoms with Crippen molar-refractivity contribution < 1.29 is 14.7 Å². The van der Waals surface area contributed by atoms with Gasteiger partial charge in [0, 0.05) is 12.5 Å². The number of carbonyl (C=O) groups is 2. The van der Waals surface area contributed by atoms with E-state index in [1.54, 1.807) is 0 Å². The lowest BCUT2D eigenvalue weighted by molar-refractivity contribution is -0.151. The number of carboxylic acids is 1. The van der Waals surface area contributed by atoms with Crippen LogP contribution < -0.4 is 5.32 Å². The van der Waals surface area contributed by atoms with Gasteiger partial charge in [0.1, 0.15) is 0 Å². The van der Waals surface area contributed by atoms with Gasteiger partial charge < -0.3 is 10.4 Å². The van der Waals surface area contributed by atoms with E-state index in [-0.39, 0.29) is 12.3 Å². The zero-order chi connectivity index (χ0) is 12.5. The fourth-order valence-electron chi connectivity index (χ4n) is 2.96. The fraction of sp³-hybridized carbons (Fsp3) is 0.846. The SMILES string of the molecule is CCC1CC1NC(=O)CC1(C(=O)O)CCCC1. The lowest BCUT2D eigenvalue weighted by Gasteiger charge is -2.22. The van der Waals surface area contributed by atoms with E-state index in [0.29, 0.717) is 24.8 Å². The second-order valence-corrected chi connectivity index (χ2v) is 5.55. The molecule has 0 bridgehead atoms. The van der Waals surface area contributed by atoms with Gasteiger partial charge in [-0.05, 0) is 25.2 Å². The maximum atomic E-state index is 11.8. The summed E-state index contributed by atoms with van der Waals surface area (Å²) in [4.78, 5) is 23.1. The summed E-state index contributed by atoms with van der Waals surface area (Å²) in [7, 11) is 0. The van der Waals surface area contributed by atoms with Crippen molar-refractivity contribution in [2.45, 2.75) is 57.9 Å². The minimum absolute atomic E-state index is 0.0738. The summed E-state index contributed by atoms with van der Waals surface area (Å²) in [5.41, 5.74) is -0.777. The highest BCUT2D eigenvalue weighted by molar-refractivity contribution is 5.85. The van der Waals surface area contributed by atoms with Crippen LogP contribution in [0.4, 0.5) is 0 Å². The van der Waals surface area contributed by atoms with Gasteiger partial charge >= 0.3 is 5.97 Å². The van der Waals surface area contributed by atoms with Crippen molar-refractivity contribution in [3.63, 3.8) is 0 Å². The van der Waals surface area contributed by atoms with E-state index in [1.807, 2.05) is 0 Å². The van der Waals surface area contributed by atoms with E-state index in [0.717, 1.165) is 25.7 Å². The van der Waals surface area contributed by atoms with E-state index < -0.39 is 11.4 Å². The Morgan fingerprint density at radius 2 is 2.00 bits per heavy atom. The van der Waals surface area contributed by atoms with Crippen molar-refractivity contribution >= 4 is 11.9 Å². The number of carbonyl (C=O) groups excluding carboxylic acids is 1. The molecule has 2 aliphatic carbocycles. The summed E-state index contributed by atoms with van der Waals surface area (Å²) in [5.74, 6) is -0.258. The first-order chi connectivity index (χ1) is 8.07. The number of aliphatic carboxylic acids is 1. The van der Waals surface area contributed by atoms with Gasteiger partial charge in [-0.2, -0.15) is 0 Å². The van der Waals surface area contributed by atoms with Gasteiger partial charge in [0.2, 0.25) is 5.91 Å². The van der Waals surface area contributed by atoms with E-state index in [9.17, 15) is 14.7 Å². The lowest BCUT2D eigenvalue weighted by atomic mass is 9.82.